The number of aromatic nitrogens is 1. The zero-order valence-corrected chi connectivity index (χ0v) is 15.3. The van der Waals surface area contributed by atoms with Crippen LogP contribution in [0.3, 0.4) is 0 Å². The fourth-order valence-electron chi connectivity index (χ4n) is 2.97. The van der Waals surface area contributed by atoms with Crippen LogP contribution >= 0.6 is 0 Å². The second-order valence-corrected chi connectivity index (χ2v) is 6.52. The Hall–Kier alpha value is -3.42. The predicted molar refractivity (Wildman–Crippen MR) is 101 cm³/mol. The van der Waals surface area contributed by atoms with Gasteiger partial charge in [0.1, 0.15) is 5.82 Å². The van der Waals surface area contributed by atoms with Gasteiger partial charge in [-0.3, -0.25) is 29.1 Å². The zero-order valence-electron chi connectivity index (χ0n) is 15.3. The minimum Gasteiger partial charge on any atom is -0.384 e. The maximum Gasteiger partial charge on any atom is 0.262 e. The van der Waals surface area contributed by atoms with E-state index in [-0.39, 0.29) is 28.8 Å². The van der Waals surface area contributed by atoms with Gasteiger partial charge in [0.25, 0.3) is 17.4 Å². The monoisotopic (exact) mass is 368 g/mol. The first-order valence-corrected chi connectivity index (χ1v) is 8.58. The molecule has 3 rings (SSSR count). The van der Waals surface area contributed by atoms with Gasteiger partial charge in [0.15, 0.2) is 0 Å². The van der Waals surface area contributed by atoms with Crippen molar-refractivity contribution < 1.29 is 14.4 Å². The lowest BCUT2D eigenvalue weighted by molar-refractivity contribution is -0.119. The average molecular weight is 368 g/mol. The summed E-state index contributed by atoms with van der Waals surface area (Å²) in [6.07, 6.45) is 0.699. The summed E-state index contributed by atoms with van der Waals surface area (Å²) in [4.78, 5) is 48.6. The first-order chi connectivity index (χ1) is 12.8. The molecule has 0 saturated heterocycles. The van der Waals surface area contributed by atoms with Gasteiger partial charge in [-0.2, -0.15) is 0 Å². The molecule has 0 spiro atoms. The third kappa shape index (κ3) is 2.99. The van der Waals surface area contributed by atoms with Gasteiger partial charge in [-0.15, -0.1) is 0 Å². The van der Waals surface area contributed by atoms with Crippen LogP contribution in [-0.4, -0.2) is 22.3 Å². The number of anilines is 2. The molecule has 1 aliphatic rings. The Morgan fingerprint density at radius 1 is 1.26 bits per heavy atom. The molecule has 0 saturated carbocycles. The third-order valence-corrected chi connectivity index (χ3v) is 4.82. The van der Waals surface area contributed by atoms with Gasteiger partial charge in [0.2, 0.25) is 5.91 Å². The Morgan fingerprint density at radius 3 is 2.63 bits per heavy atom. The van der Waals surface area contributed by atoms with Crippen LogP contribution in [0.15, 0.2) is 29.1 Å². The molecule has 1 atom stereocenters. The molecule has 0 aliphatic carbocycles. The maximum atomic E-state index is 12.6. The minimum atomic E-state index is -0.641. The minimum absolute atomic E-state index is 0.0203. The van der Waals surface area contributed by atoms with Crippen LogP contribution in [0.5, 0.6) is 0 Å². The number of nitrogens with zero attached hydrogens (tertiary/aromatic N) is 1. The molecule has 140 valence electrons. The topological polar surface area (TPSA) is 123 Å². The zero-order chi connectivity index (χ0) is 19.9. The largest absolute Gasteiger partial charge is 0.384 e. The summed E-state index contributed by atoms with van der Waals surface area (Å²) in [5.74, 6) is -1.68. The summed E-state index contributed by atoms with van der Waals surface area (Å²) < 4.78 is 1.17. The van der Waals surface area contributed by atoms with Crippen molar-refractivity contribution in [2.75, 3.05) is 11.1 Å². The molecule has 0 radical (unpaired) electrons. The molecule has 8 heteroatoms. The second kappa shape index (κ2) is 6.71. The summed E-state index contributed by atoms with van der Waals surface area (Å²) in [5, 5.41) is 4.98. The Bertz CT molecular complexity index is 1040. The molecule has 4 N–H and O–H groups in total. The van der Waals surface area contributed by atoms with Crippen LogP contribution < -0.4 is 21.9 Å². The molecule has 0 bridgehead atoms. The highest BCUT2D eigenvalue weighted by molar-refractivity contribution is 6.23. The Labute approximate surface area is 155 Å². The van der Waals surface area contributed by atoms with E-state index in [4.69, 9.17) is 5.73 Å². The lowest BCUT2D eigenvalue weighted by Gasteiger charge is -2.18. The Morgan fingerprint density at radius 2 is 1.96 bits per heavy atom. The van der Waals surface area contributed by atoms with E-state index >= 15 is 0 Å². The maximum absolute atomic E-state index is 12.6. The highest BCUT2D eigenvalue weighted by atomic mass is 16.2. The van der Waals surface area contributed by atoms with E-state index in [0.717, 1.165) is 6.07 Å². The number of amides is 3. The summed E-state index contributed by atoms with van der Waals surface area (Å²) in [6.45, 7) is 5.49. The number of hydrogen-bond donors (Lipinski definition) is 3. The van der Waals surface area contributed by atoms with Gasteiger partial charge in [0.05, 0.1) is 16.8 Å². The van der Waals surface area contributed by atoms with E-state index in [1.165, 1.54) is 4.57 Å². The summed E-state index contributed by atoms with van der Waals surface area (Å²) in [5.41, 5.74) is 7.07. The number of nitrogens with two attached hydrogens (primary N) is 1. The van der Waals surface area contributed by atoms with Crippen molar-refractivity contribution in [3.05, 3.63) is 51.3 Å². The van der Waals surface area contributed by atoms with E-state index < -0.39 is 17.4 Å². The van der Waals surface area contributed by atoms with Crippen LogP contribution in [0.25, 0.3) is 5.69 Å². The van der Waals surface area contributed by atoms with Crippen molar-refractivity contribution >= 4 is 29.2 Å². The van der Waals surface area contributed by atoms with E-state index in [1.54, 1.807) is 25.1 Å². The molecule has 1 aliphatic heterocycles. The number of pyridine rings is 1. The van der Waals surface area contributed by atoms with E-state index in [9.17, 15) is 19.2 Å². The average Bonchev–Trinajstić information content (AvgIpc) is 2.90. The van der Waals surface area contributed by atoms with Crippen molar-refractivity contribution in [2.24, 2.45) is 5.92 Å². The molecule has 1 unspecified atom stereocenters. The quantitative estimate of drug-likeness (QED) is 0.707. The van der Waals surface area contributed by atoms with E-state index in [0.29, 0.717) is 23.4 Å². The van der Waals surface area contributed by atoms with Gasteiger partial charge >= 0.3 is 0 Å². The van der Waals surface area contributed by atoms with Crippen LogP contribution in [0.2, 0.25) is 0 Å². The molecule has 1 aromatic heterocycles. The number of hydrogen-bond acceptors (Lipinski definition) is 5. The first-order valence-electron chi connectivity index (χ1n) is 8.58. The van der Waals surface area contributed by atoms with Gasteiger partial charge in [-0.05, 0) is 31.0 Å². The standard InChI is InChI=1S/C19H20N4O4/c1-4-9(2)17(25)21-12-6-5-7-13(10(12)3)23-14(24)8-11-15(16(23)20)19(27)22-18(11)26/h5-9H,4,20H2,1-3H3,(H,21,25)(H,22,26,27). The molecule has 2 heterocycles. The Kier molecular flexibility index (Phi) is 4.57. The number of carbonyl (C=O) groups is 3. The van der Waals surface area contributed by atoms with Crippen molar-refractivity contribution in [1.29, 1.82) is 0 Å². The number of nitrogens with one attached hydrogen (secondary N) is 2. The summed E-state index contributed by atoms with van der Waals surface area (Å²) in [7, 11) is 0. The van der Waals surface area contributed by atoms with Gasteiger partial charge in [-0.1, -0.05) is 19.9 Å². The van der Waals surface area contributed by atoms with Crippen molar-refractivity contribution in [2.45, 2.75) is 27.2 Å². The van der Waals surface area contributed by atoms with Gasteiger partial charge in [-0.25, -0.2) is 0 Å². The van der Waals surface area contributed by atoms with Crippen molar-refractivity contribution in [3.63, 3.8) is 0 Å². The van der Waals surface area contributed by atoms with Crippen LogP contribution in [0.4, 0.5) is 11.5 Å². The Balaban J connectivity index is 2.14. The van der Waals surface area contributed by atoms with Crippen molar-refractivity contribution in [1.82, 2.24) is 9.88 Å². The molecule has 27 heavy (non-hydrogen) atoms. The van der Waals surface area contributed by atoms with Gasteiger partial charge < -0.3 is 11.1 Å². The second-order valence-electron chi connectivity index (χ2n) is 6.52. The fraction of sp³-hybridized carbons (Fsp3) is 0.263. The number of nitrogen functional groups attached to an aromatic ring is 1. The van der Waals surface area contributed by atoms with Crippen LogP contribution in [0, 0.1) is 12.8 Å². The highest BCUT2D eigenvalue weighted by Crippen LogP contribution is 2.27. The lowest BCUT2D eigenvalue weighted by Crippen LogP contribution is -2.25. The third-order valence-electron chi connectivity index (χ3n) is 4.82. The molecule has 3 amide bonds. The molecular weight excluding hydrogens is 348 g/mol. The number of carbonyl (C=O) groups excluding carboxylic acids is 3. The smallest absolute Gasteiger partial charge is 0.262 e. The van der Waals surface area contributed by atoms with Gasteiger partial charge in [0, 0.05) is 17.7 Å². The predicted octanol–water partition coefficient (Wildman–Crippen LogP) is 1.60. The number of benzene rings is 1. The normalized spacial score (nSPS) is 13.9. The molecular formula is C19H20N4O4. The van der Waals surface area contributed by atoms with Crippen LogP contribution in [0.1, 0.15) is 46.5 Å². The molecule has 8 nitrogen and oxygen atoms in total. The fourth-order valence-corrected chi connectivity index (χ4v) is 2.97. The number of imide groups is 1. The van der Waals surface area contributed by atoms with Crippen LogP contribution in [-0.2, 0) is 4.79 Å². The summed E-state index contributed by atoms with van der Waals surface area (Å²) in [6, 6.07) is 6.16. The molecule has 2 aromatic rings. The highest BCUT2D eigenvalue weighted by Gasteiger charge is 2.32. The van der Waals surface area contributed by atoms with E-state index in [2.05, 4.69) is 10.6 Å². The summed E-state index contributed by atoms with van der Waals surface area (Å²) >= 11 is 0. The van der Waals surface area contributed by atoms with Crippen molar-refractivity contribution in [3.8, 4) is 5.69 Å². The first kappa shape index (κ1) is 18.4. The molecule has 1 aromatic carbocycles. The lowest BCUT2D eigenvalue weighted by atomic mass is 10.1. The SMILES string of the molecule is CCC(C)C(=O)Nc1cccc(-n2c(N)c3c(cc2=O)C(=O)NC3=O)c1C. The number of fused-ring (bicyclic) bond motifs is 1. The number of rotatable bonds is 4. The van der Waals surface area contributed by atoms with E-state index in [1.807, 2.05) is 13.8 Å². The molecule has 0 fully saturated rings.